The van der Waals surface area contributed by atoms with Crippen LogP contribution in [0.3, 0.4) is 0 Å². The fourth-order valence-electron chi connectivity index (χ4n) is 1.60. The van der Waals surface area contributed by atoms with E-state index in [0.29, 0.717) is 0 Å². The van der Waals surface area contributed by atoms with Crippen molar-refractivity contribution in [2.45, 2.75) is 20.4 Å². The number of likely N-dealkylation sites (N-methyl/N-ethyl adjacent to an activating group) is 2. The van der Waals surface area contributed by atoms with E-state index in [2.05, 4.69) is 55.4 Å². The molecule has 0 radical (unpaired) electrons. The summed E-state index contributed by atoms with van der Waals surface area (Å²) in [6, 6.07) is 8.59. The number of nitrogens with one attached hydrogen (secondary N) is 1. The number of rotatable bonds is 6. The molecule has 0 amide bonds. The Hall–Kier alpha value is -0.860. The van der Waals surface area contributed by atoms with Gasteiger partial charge >= 0.3 is 0 Å². The average Bonchev–Trinajstić information content (AvgIpc) is 2.22. The Kier molecular flexibility index (Phi) is 5.37. The minimum Gasteiger partial charge on any atom is -0.316 e. The van der Waals surface area contributed by atoms with Gasteiger partial charge in [-0.25, -0.2) is 0 Å². The summed E-state index contributed by atoms with van der Waals surface area (Å²) in [5, 5.41) is 3.34. The zero-order valence-corrected chi connectivity index (χ0v) is 10.1. The largest absolute Gasteiger partial charge is 0.316 e. The minimum absolute atomic E-state index is 1.04. The lowest BCUT2D eigenvalue weighted by Crippen LogP contribution is -2.28. The molecule has 0 bridgehead atoms. The summed E-state index contributed by atoms with van der Waals surface area (Å²) in [6.07, 6.45) is 0. The van der Waals surface area contributed by atoms with Crippen molar-refractivity contribution in [1.82, 2.24) is 10.2 Å². The van der Waals surface area contributed by atoms with E-state index >= 15 is 0 Å². The topological polar surface area (TPSA) is 15.3 Å². The van der Waals surface area contributed by atoms with Crippen LogP contribution >= 0.6 is 0 Å². The SMILES string of the molecule is CCNCCN(C)Cc1ccccc1C. The zero-order chi connectivity index (χ0) is 11.1. The molecule has 0 atom stereocenters. The van der Waals surface area contributed by atoms with E-state index in [1.165, 1.54) is 11.1 Å². The van der Waals surface area contributed by atoms with Gasteiger partial charge in [0.15, 0.2) is 0 Å². The van der Waals surface area contributed by atoms with Gasteiger partial charge in [0, 0.05) is 19.6 Å². The highest BCUT2D eigenvalue weighted by Gasteiger charge is 2.01. The van der Waals surface area contributed by atoms with Gasteiger partial charge in [0.25, 0.3) is 0 Å². The molecule has 0 saturated carbocycles. The first kappa shape index (κ1) is 12.2. The van der Waals surface area contributed by atoms with E-state index in [9.17, 15) is 0 Å². The maximum absolute atomic E-state index is 3.34. The van der Waals surface area contributed by atoms with Gasteiger partial charge in [-0.1, -0.05) is 31.2 Å². The van der Waals surface area contributed by atoms with Gasteiger partial charge in [-0.2, -0.15) is 0 Å². The van der Waals surface area contributed by atoms with E-state index < -0.39 is 0 Å². The molecule has 0 aliphatic heterocycles. The second-order valence-electron chi connectivity index (χ2n) is 4.02. The van der Waals surface area contributed by atoms with E-state index in [4.69, 9.17) is 0 Å². The Morgan fingerprint density at radius 2 is 2.00 bits per heavy atom. The van der Waals surface area contributed by atoms with Crippen LogP contribution in [0.4, 0.5) is 0 Å². The first-order valence-corrected chi connectivity index (χ1v) is 5.67. The third kappa shape index (κ3) is 4.45. The number of benzene rings is 1. The van der Waals surface area contributed by atoms with Gasteiger partial charge < -0.3 is 10.2 Å². The van der Waals surface area contributed by atoms with Crippen molar-refractivity contribution in [3.8, 4) is 0 Å². The summed E-state index contributed by atoms with van der Waals surface area (Å²) in [5.41, 5.74) is 2.81. The number of nitrogens with zero attached hydrogens (tertiary/aromatic N) is 1. The molecular formula is C13H22N2. The zero-order valence-electron chi connectivity index (χ0n) is 10.1. The molecule has 0 saturated heterocycles. The maximum atomic E-state index is 3.34. The Bertz CT molecular complexity index is 284. The van der Waals surface area contributed by atoms with Gasteiger partial charge in [0.2, 0.25) is 0 Å². The van der Waals surface area contributed by atoms with E-state index in [1.807, 2.05) is 0 Å². The fourth-order valence-corrected chi connectivity index (χ4v) is 1.60. The molecule has 84 valence electrons. The molecule has 0 aromatic heterocycles. The van der Waals surface area contributed by atoms with Crippen molar-refractivity contribution in [2.75, 3.05) is 26.7 Å². The molecule has 15 heavy (non-hydrogen) atoms. The van der Waals surface area contributed by atoms with Crippen molar-refractivity contribution >= 4 is 0 Å². The molecule has 1 N–H and O–H groups in total. The van der Waals surface area contributed by atoms with Crippen LogP contribution in [0.2, 0.25) is 0 Å². The Balaban J connectivity index is 2.37. The highest BCUT2D eigenvalue weighted by atomic mass is 15.1. The third-order valence-electron chi connectivity index (χ3n) is 2.62. The molecule has 1 rings (SSSR count). The second kappa shape index (κ2) is 6.59. The molecule has 0 aliphatic rings. The Labute approximate surface area is 93.3 Å². The normalized spacial score (nSPS) is 10.9. The number of hydrogen-bond acceptors (Lipinski definition) is 2. The molecule has 2 heteroatoms. The Morgan fingerprint density at radius 3 is 2.67 bits per heavy atom. The second-order valence-corrected chi connectivity index (χ2v) is 4.02. The summed E-state index contributed by atoms with van der Waals surface area (Å²) in [6.45, 7) is 8.58. The monoisotopic (exact) mass is 206 g/mol. The quantitative estimate of drug-likeness (QED) is 0.717. The predicted molar refractivity (Wildman–Crippen MR) is 66.1 cm³/mol. The van der Waals surface area contributed by atoms with Crippen LogP contribution in [0.5, 0.6) is 0 Å². The van der Waals surface area contributed by atoms with Crippen LogP contribution < -0.4 is 5.32 Å². The molecule has 0 fully saturated rings. The summed E-state index contributed by atoms with van der Waals surface area (Å²) < 4.78 is 0. The lowest BCUT2D eigenvalue weighted by Gasteiger charge is -2.17. The average molecular weight is 206 g/mol. The molecule has 0 unspecified atom stereocenters. The van der Waals surface area contributed by atoms with E-state index in [-0.39, 0.29) is 0 Å². The maximum Gasteiger partial charge on any atom is 0.0233 e. The standard InChI is InChI=1S/C13H22N2/c1-4-14-9-10-15(3)11-13-8-6-5-7-12(13)2/h5-8,14H,4,9-11H2,1-3H3. The number of aryl methyl sites for hydroxylation is 1. The summed E-state index contributed by atoms with van der Waals surface area (Å²) in [5.74, 6) is 0. The van der Waals surface area contributed by atoms with Crippen molar-refractivity contribution < 1.29 is 0 Å². The first-order chi connectivity index (χ1) is 7.24. The third-order valence-corrected chi connectivity index (χ3v) is 2.62. The van der Waals surface area contributed by atoms with Gasteiger partial charge in [-0.15, -0.1) is 0 Å². The lowest BCUT2D eigenvalue weighted by atomic mass is 10.1. The van der Waals surface area contributed by atoms with Crippen LogP contribution in [-0.2, 0) is 6.54 Å². The van der Waals surface area contributed by atoms with Crippen LogP contribution in [0.25, 0.3) is 0 Å². The van der Waals surface area contributed by atoms with Crippen LogP contribution in [0.15, 0.2) is 24.3 Å². The van der Waals surface area contributed by atoms with Crippen LogP contribution in [-0.4, -0.2) is 31.6 Å². The smallest absolute Gasteiger partial charge is 0.0233 e. The fraction of sp³-hybridized carbons (Fsp3) is 0.538. The molecule has 1 aromatic rings. The lowest BCUT2D eigenvalue weighted by molar-refractivity contribution is 0.325. The van der Waals surface area contributed by atoms with Gasteiger partial charge in [0.1, 0.15) is 0 Å². The van der Waals surface area contributed by atoms with Crippen LogP contribution in [0.1, 0.15) is 18.1 Å². The molecule has 2 nitrogen and oxygen atoms in total. The van der Waals surface area contributed by atoms with Crippen molar-refractivity contribution in [3.63, 3.8) is 0 Å². The minimum atomic E-state index is 1.04. The van der Waals surface area contributed by atoms with Gasteiger partial charge in [0.05, 0.1) is 0 Å². The number of hydrogen-bond donors (Lipinski definition) is 1. The Morgan fingerprint density at radius 1 is 1.27 bits per heavy atom. The highest BCUT2D eigenvalue weighted by molar-refractivity contribution is 5.25. The molecule has 0 spiro atoms. The van der Waals surface area contributed by atoms with Crippen molar-refractivity contribution in [3.05, 3.63) is 35.4 Å². The molecule has 0 aliphatic carbocycles. The summed E-state index contributed by atoms with van der Waals surface area (Å²) >= 11 is 0. The molecule has 0 heterocycles. The summed E-state index contributed by atoms with van der Waals surface area (Å²) in [7, 11) is 2.17. The molecular weight excluding hydrogens is 184 g/mol. The van der Waals surface area contributed by atoms with Crippen molar-refractivity contribution in [1.29, 1.82) is 0 Å². The first-order valence-electron chi connectivity index (χ1n) is 5.67. The van der Waals surface area contributed by atoms with Crippen LogP contribution in [0, 0.1) is 6.92 Å². The highest BCUT2D eigenvalue weighted by Crippen LogP contribution is 2.08. The van der Waals surface area contributed by atoms with E-state index in [1.54, 1.807) is 0 Å². The van der Waals surface area contributed by atoms with Gasteiger partial charge in [-0.05, 0) is 31.6 Å². The molecule has 1 aromatic carbocycles. The predicted octanol–water partition coefficient (Wildman–Crippen LogP) is 2.04. The van der Waals surface area contributed by atoms with E-state index in [0.717, 1.165) is 26.2 Å². The summed E-state index contributed by atoms with van der Waals surface area (Å²) in [4.78, 5) is 2.35. The van der Waals surface area contributed by atoms with Crippen molar-refractivity contribution in [2.24, 2.45) is 0 Å². The van der Waals surface area contributed by atoms with Gasteiger partial charge in [-0.3, -0.25) is 0 Å².